The highest BCUT2D eigenvalue weighted by Gasteiger charge is 2.32. The van der Waals surface area contributed by atoms with E-state index in [1.807, 2.05) is 43.3 Å². The van der Waals surface area contributed by atoms with Gasteiger partial charge in [0.1, 0.15) is 17.4 Å². The lowest BCUT2D eigenvalue weighted by Crippen LogP contribution is -2.19. The highest BCUT2D eigenvalue weighted by Crippen LogP contribution is 2.47. The third-order valence-corrected chi connectivity index (χ3v) is 5.55. The Morgan fingerprint density at radius 2 is 1.60 bits per heavy atom. The van der Waals surface area contributed by atoms with Gasteiger partial charge in [-0.3, -0.25) is 0 Å². The van der Waals surface area contributed by atoms with Gasteiger partial charge in [0, 0.05) is 19.8 Å². The Bertz CT molecular complexity index is 897. The first-order valence-corrected chi connectivity index (χ1v) is 9.04. The lowest BCUT2D eigenvalue weighted by atomic mass is 9.89. The number of halogens is 2. The van der Waals surface area contributed by atoms with Crippen molar-refractivity contribution in [1.82, 2.24) is 0 Å². The van der Waals surface area contributed by atoms with Gasteiger partial charge < -0.3 is 10.5 Å². The fourth-order valence-electron chi connectivity index (χ4n) is 2.60. The number of allylic oxidation sites excluding steroid dienone is 3. The van der Waals surface area contributed by atoms with E-state index in [0.717, 1.165) is 15.4 Å². The van der Waals surface area contributed by atoms with Crippen LogP contribution in [-0.2, 0) is 4.74 Å². The second kappa shape index (κ2) is 7.45. The molecule has 6 heteroatoms. The summed E-state index contributed by atoms with van der Waals surface area (Å²) in [5, 5.41) is 10.9. The van der Waals surface area contributed by atoms with Crippen molar-refractivity contribution in [3.05, 3.63) is 86.3 Å². The van der Waals surface area contributed by atoms with Crippen LogP contribution in [0.1, 0.15) is 18.4 Å². The Kier molecular flexibility index (Phi) is 5.29. The molecule has 2 aromatic carbocycles. The Labute approximate surface area is 160 Å². The van der Waals surface area contributed by atoms with E-state index in [2.05, 4.69) is 6.07 Å². The van der Waals surface area contributed by atoms with Crippen molar-refractivity contribution in [2.45, 2.75) is 17.7 Å². The molecule has 0 saturated carbocycles. The molecule has 1 aliphatic heterocycles. The van der Waals surface area contributed by atoms with Gasteiger partial charge in [0.05, 0.1) is 5.92 Å². The quantitative estimate of drug-likeness (QED) is 0.718. The SMILES string of the molecule is CC1=C(Sc2ccc(Cl)cc2)C(c2ccc(Cl)cc2)C(C#N)=C(N)O1. The van der Waals surface area contributed by atoms with E-state index >= 15 is 0 Å². The van der Waals surface area contributed by atoms with Gasteiger partial charge in [-0.1, -0.05) is 47.1 Å². The molecular formula is C19H14Cl2N2OS. The van der Waals surface area contributed by atoms with Crippen LogP contribution in [0.4, 0.5) is 0 Å². The van der Waals surface area contributed by atoms with Crippen LogP contribution in [0.2, 0.25) is 10.0 Å². The Balaban J connectivity index is 2.06. The van der Waals surface area contributed by atoms with Gasteiger partial charge in [0.15, 0.2) is 0 Å². The second-order valence-electron chi connectivity index (χ2n) is 5.45. The van der Waals surface area contributed by atoms with Gasteiger partial charge in [-0.2, -0.15) is 5.26 Å². The van der Waals surface area contributed by atoms with Crippen LogP contribution in [0.15, 0.2) is 75.5 Å². The third-order valence-electron chi connectivity index (χ3n) is 3.79. The molecule has 126 valence electrons. The van der Waals surface area contributed by atoms with Gasteiger partial charge in [0.25, 0.3) is 0 Å². The molecule has 0 radical (unpaired) electrons. The number of nitrogens with two attached hydrogens (primary N) is 1. The summed E-state index contributed by atoms with van der Waals surface area (Å²) in [5.41, 5.74) is 7.29. The van der Waals surface area contributed by atoms with Crippen molar-refractivity contribution < 1.29 is 4.74 Å². The van der Waals surface area contributed by atoms with Crippen molar-refractivity contribution in [2.24, 2.45) is 5.73 Å². The maximum absolute atomic E-state index is 9.61. The summed E-state index contributed by atoms with van der Waals surface area (Å²) in [6.45, 7) is 1.85. The van der Waals surface area contributed by atoms with E-state index in [1.54, 1.807) is 12.1 Å². The summed E-state index contributed by atoms with van der Waals surface area (Å²) in [6, 6.07) is 17.1. The number of benzene rings is 2. The standard InChI is InChI=1S/C19H14Cl2N2OS/c1-11-18(25-15-8-6-14(21)7-9-15)17(16(10-22)19(23)24-11)12-2-4-13(20)5-3-12/h2-9,17H,23H2,1H3. The Morgan fingerprint density at radius 3 is 2.16 bits per heavy atom. The first-order chi connectivity index (χ1) is 12.0. The number of nitrogens with zero attached hydrogens (tertiary/aromatic N) is 1. The molecule has 0 spiro atoms. The average Bonchev–Trinajstić information content (AvgIpc) is 2.59. The molecule has 0 aromatic heterocycles. The van der Waals surface area contributed by atoms with E-state index in [-0.39, 0.29) is 11.8 Å². The third kappa shape index (κ3) is 3.80. The molecule has 1 unspecified atom stereocenters. The molecule has 25 heavy (non-hydrogen) atoms. The minimum atomic E-state index is -0.295. The average molecular weight is 389 g/mol. The largest absolute Gasteiger partial charge is 0.444 e. The Morgan fingerprint density at radius 1 is 1.04 bits per heavy atom. The number of nitriles is 1. The molecule has 0 saturated heterocycles. The summed E-state index contributed by atoms with van der Waals surface area (Å²) in [6.07, 6.45) is 0. The predicted molar refractivity (Wildman–Crippen MR) is 102 cm³/mol. The van der Waals surface area contributed by atoms with Crippen molar-refractivity contribution in [2.75, 3.05) is 0 Å². The van der Waals surface area contributed by atoms with Gasteiger partial charge >= 0.3 is 0 Å². The molecule has 0 aliphatic carbocycles. The van der Waals surface area contributed by atoms with Crippen LogP contribution < -0.4 is 5.73 Å². The van der Waals surface area contributed by atoms with Crippen molar-refractivity contribution in [3.63, 3.8) is 0 Å². The summed E-state index contributed by atoms with van der Waals surface area (Å²) in [5.74, 6) is 0.522. The number of rotatable bonds is 3. The van der Waals surface area contributed by atoms with Gasteiger partial charge in [-0.25, -0.2) is 0 Å². The molecule has 1 atom stereocenters. The zero-order valence-electron chi connectivity index (χ0n) is 13.3. The summed E-state index contributed by atoms with van der Waals surface area (Å²) >= 11 is 13.5. The monoisotopic (exact) mass is 388 g/mol. The molecule has 0 bridgehead atoms. The summed E-state index contributed by atoms with van der Waals surface area (Å²) in [4.78, 5) is 1.91. The van der Waals surface area contributed by atoms with Crippen LogP contribution >= 0.6 is 35.0 Å². The highest BCUT2D eigenvalue weighted by atomic mass is 35.5. The first-order valence-electron chi connectivity index (χ1n) is 7.47. The lowest BCUT2D eigenvalue weighted by Gasteiger charge is -2.27. The predicted octanol–water partition coefficient (Wildman–Crippen LogP) is 5.82. The van der Waals surface area contributed by atoms with E-state index in [1.165, 1.54) is 11.8 Å². The molecule has 2 N–H and O–H groups in total. The number of thioether (sulfide) groups is 1. The van der Waals surface area contributed by atoms with Crippen LogP contribution in [0.25, 0.3) is 0 Å². The molecule has 1 heterocycles. The van der Waals surface area contributed by atoms with Crippen LogP contribution in [0.5, 0.6) is 0 Å². The van der Waals surface area contributed by atoms with Gasteiger partial charge in [0.2, 0.25) is 5.88 Å². The smallest absolute Gasteiger partial charge is 0.205 e. The van der Waals surface area contributed by atoms with E-state index in [0.29, 0.717) is 21.4 Å². The number of hydrogen-bond acceptors (Lipinski definition) is 4. The highest BCUT2D eigenvalue weighted by molar-refractivity contribution is 8.03. The fraction of sp³-hybridized carbons (Fsp3) is 0.105. The van der Waals surface area contributed by atoms with Crippen molar-refractivity contribution in [1.29, 1.82) is 5.26 Å². The van der Waals surface area contributed by atoms with Crippen molar-refractivity contribution >= 4 is 35.0 Å². The minimum absolute atomic E-state index is 0.139. The molecule has 3 nitrogen and oxygen atoms in total. The maximum Gasteiger partial charge on any atom is 0.205 e. The van der Waals surface area contributed by atoms with Crippen LogP contribution in [0, 0.1) is 11.3 Å². The van der Waals surface area contributed by atoms with E-state index in [9.17, 15) is 5.26 Å². The van der Waals surface area contributed by atoms with Crippen LogP contribution in [0.3, 0.4) is 0 Å². The second-order valence-corrected chi connectivity index (χ2v) is 7.44. The maximum atomic E-state index is 9.61. The summed E-state index contributed by atoms with van der Waals surface area (Å²) in [7, 11) is 0. The van der Waals surface area contributed by atoms with E-state index < -0.39 is 0 Å². The molecule has 0 amide bonds. The van der Waals surface area contributed by atoms with Crippen LogP contribution in [-0.4, -0.2) is 0 Å². The normalized spacial score (nSPS) is 17.3. The molecular weight excluding hydrogens is 375 g/mol. The Hall–Kier alpha value is -2.06. The molecule has 1 aliphatic rings. The number of hydrogen-bond donors (Lipinski definition) is 1. The molecule has 0 fully saturated rings. The van der Waals surface area contributed by atoms with Gasteiger partial charge in [-0.05, 0) is 48.9 Å². The zero-order chi connectivity index (χ0) is 18.0. The first kappa shape index (κ1) is 17.8. The van der Waals surface area contributed by atoms with Gasteiger partial charge in [-0.15, -0.1) is 0 Å². The topological polar surface area (TPSA) is 59.0 Å². The van der Waals surface area contributed by atoms with E-state index in [4.69, 9.17) is 33.7 Å². The summed E-state index contributed by atoms with van der Waals surface area (Å²) < 4.78 is 5.62. The molecule has 3 rings (SSSR count). The minimum Gasteiger partial charge on any atom is -0.444 e. The molecule has 2 aromatic rings. The van der Waals surface area contributed by atoms with Crippen molar-refractivity contribution in [3.8, 4) is 6.07 Å². The fourth-order valence-corrected chi connectivity index (χ4v) is 3.94. The lowest BCUT2D eigenvalue weighted by molar-refractivity contribution is 0.285. The zero-order valence-corrected chi connectivity index (χ0v) is 15.6. The number of ether oxygens (including phenoxy) is 1.